The number of rotatable bonds is 5. The van der Waals surface area contributed by atoms with Crippen molar-refractivity contribution in [1.82, 2.24) is 24.6 Å². The number of sulfonamides is 1. The highest BCUT2D eigenvalue weighted by atomic mass is 32.2. The number of aliphatic hydroxyl groups is 1. The Morgan fingerprint density at radius 3 is 2.75 bits per heavy atom. The van der Waals surface area contributed by atoms with Gasteiger partial charge in [0.25, 0.3) is 10.0 Å². The Hall–Kier alpha value is -3.62. The molecule has 12 nitrogen and oxygen atoms in total. The second-order valence-electron chi connectivity index (χ2n) is 8.35. The highest BCUT2D eigenvalue weighted by molar-refractivity contribution is 7.90. The van der Waals surface area contributed by atoms with Crippen molar-refractivity contribution < 1.29 is 27.9 Å². The monoisotopic (exact) mass is 530 g/mol. The first kappa shape index (κ1) is 24.1. The van der Waals surface area contributed by atoms with Crippen LogP contribution in [0.1, 0.15) is 33.8 Å². The lowest BCUT2D eigenvalue weighted by atomic mass is 9.88. The van der Waals surface area contributed by atoms with E-state index in [0.29, 0.717) is 21.8 Å². The van der Waals surface area contributed by atoms with Gasteiger partial charge in [-0.3, -0.25) is 14.5 Å². The maximum atomic E-state index is 12.8. The third kappa shape index (κ3) is 4.27. The average Bonchev–Trinajstić information content (AvgIpc) is 3.61. The summed E-state index contributed by atoms with van der Waals surface area (Å²) in [6, 6.07) is 8.16. The van der Waals surface area contributed by atoms with Crippen molar-refractivity contribution in [3.8, 4) is 5.69 Å². The average molecular weight is 531 g/mol. The minimum absolute atomic E-state index is 0.133. The first-order valence-electron chi connectivity index (χ1n) is 11.0. The smallest absolute Gasteiger partial charge is 0.350 e. The summed E-state index contributed by atoms with van der Waals surface area (Å²) in [4.78, 5) is 31.0. The molecule has 2 N–H and O–H groups in total. The number of methoxy groups -OCH3 is 1. The SMILES string of the molecule is COC(=O)c1sccc1-n1cc(C2(O)CCN(C(=O)CN=C3NS(=O)(=O)c4ccccc43)CC2)nn1. The first-order chi connectivity index (χ1) is 17.2. The number of esters is 1. The molecule has 5 rings (SSSR count). The van der Waals surface area contributed by atoms with Crippen LogP contribution in [0, 0.1) is 0 Å². The molecule has 0 spiro atoms. The maximum Gasteiger partial charge on any atom is 0.350 e. The van der Waals surface area contributed by atoms with Crippen LogP contribution in [0.15, 0.2) is 51.8 Å². The van der Waals surface area contributed by atoms with Crippen molar-refractivity contribution in [2.45, 2.75) is 23.3 Å². The number of nitrogens with zero attached hydrogens (tertiary/aromatic N) is 5. The Labute approximate surface area is 210 Å². The number of carbonyl (C=O) groups is 2. The quantitative estimate of drug-likeness (QED) is 0.456. The predicted molar refractivity (Wildman–Crippen MR) is 128 cm³/mol. The lowest BCUT2D eigenvalue weighted by Gasteiger charge is -2.36. The zero-order chi connectivity index (χ0) is 25.5. The lowest BCUT2D eigenvalue weighted by Crippen LogP contribution is -2.46. The molecule has 2 aliphatic rings. The normalized spacial score (nSPS) is 19.1. The van der Waals surface area contributed by atoms with Crippen LogP contribution >= 0.6 is 11.3 Å². The van der Waals surface area contributed by atoms with Gasteiger partial charge < -0.3 is 14.7 Å². The summed E-state index contributed by atoms with van der Waals surface area (Å²) in [6.07, 6.45) is 2.04. The fraction of sp³-hybridized carbons (Fsp3) is 0.318. The van der Waals surface area contributed by atoms with Crippen LogP contribution in [0.2, 0.25) is 0 Å². The number of amides is 1. The van der Waals surface area contributed by atoms with Crippen LogP contribution in [0.5, 0.6) is 0 Å². The van der Waals surface area contributed by atoms with Crippen molar-refractivity contribution in [2.75, 3.05) is 26.7 Å². The molecular weight excluding hydrogens is 508 g/mol. The van der Waals surface area contributed by atoms with E-state index in [-0.39, 0.29) is 49.1 Å². The molecular formula is C22H22N6O6S2. The van der Waals surface area contributed by atoms with E-state index in [9.17, 15) is 23.1 Å². The van der Waals surface area contributed by atoms with Gasteiger partial charge in [0.05, 0.1) is 23.9 Å². The molecule has 1 saturated heterocycles. The number of nitrogens with one attached hydrogen (secondary N) is 1. The lowest BCUT2D eigenvalue weighted by molar-refractivity contribution is -0.134. The number of aromatic nitrogens is 3. The van der Waals surface area contributed by atoms with Gasteiger partial charge in [-0.15, -0.1) is 16.4 Å². The zero-order valence-electron chi connectivity index (χ0n) is 19.1. The number of thiophene rings is 1. The minimum Gasteiger partial charge on any atom is -0.465 e. The van der Waals surface area contributed by atoms with Crippen LogP contribution in [-0.4, -0.2) is 77.9 Å². The maximum absolute atomic E-state index is 12.8. The molecule has 3 aromatic rings. The molecule has 2 aromatic heterocycles. The fourth-order valence-electron chi connectivity index (χ4n) is 4.20. The Kier molecular flexibility index (Phi) is 6.10. The number of amidine groups is 1. The van der Waals surface area contributed by atoms with Gasteiger partial charge in [0.15, 0.2) is 0 Å². The molecule has 1 amide bonds. The van der Waals surface area contributed by atoms with Gasteiger partial charge in [0, 0.05) is 18.7 Å². The van der Waals surface area contributed by atoms with Gasteiger partial charge in [-0.1, -0.05) is 17.3 Å². The number of piperidine rings is 1. The number of carbonyl (C=O) groups excluding carboxylic acids is 2. The molecule has 4 heterocycles. The summed E-state index contributed by atoms with van der Waals surface area (Å²) < 4.78 is 33.0. The van der Waals surface area contributed by atoms with Gasteiger partial charge in [-0.05, 0) is 36.4 Å². The van der Waals surface area contributed by atoms with E-state index in [0.717, 1.165) is 0 Å². The third-order valence-corrected chi connectivity index (χ3v) is 8.49. The van der Waals surface area contributed by atoms with Gasteiger partial charge in [0.1, 0.15) is 28.6 Å². The van der Waals surface area contributed by atoms with Crippen LogP contribution in [-0.2, 0) is 25.2 Å². The number of aliphatic imine (C=N–C) groups is 1. The van der Waals surface area contributed by atoms with E-state index in [4.69, 9.17) is 4.74 Å². The summed E-state index contributed by atoms with van der Waals surface area (Å²) in [5, 5.41) is 21.1. The van der Waals surface area contributed by atoms with E-state index >= 15 is 0 Å². The van der Waals surface area contributed by atoms with Crippen molar-refractivity contribution in [1.29, 1.82) is 0 Å². The van der Waals surface area contributed by atoms with E-state index in [1.54, 1.807) is 40.7 Å². The third-order valence-electron chi connectivity index (χ3n) is 6.21. The van der Waals surface area contributed by atoms with E-state index in [1.807, 2.05) is 0 Å². The molecule has 0 atom stereocenters. The van der Waals surface area contributed by atoms with Crippen molar-refractivity contribution >= 4 is 39.1 Å². The molecule has 188 valence electrons. The molecule has 36 heavy (non-hydrogen) atoms. The van der Waals surface area contributed by atoms with Gasteiger partial charge in [-0.25, -0.2) is 17.9 Å². The van der Waals surface area contributed by atoms with Crippen molar-refractivity contribution in [2.24, 2.45) is 4.99 Å². The minimum atomic E-state index is -3.68. The topological polar surface area (TPSA) is 156 Å². The molecule has 0 bridgehead atoms. The molecule has 1 fully saturated rings. The number of hydrogen-bond donors (Lipinski definition) is 2. The summed E-state index contributed by atoms with van der Waals surface area (Å²) in [7, 11) is -2.38. The highest BCUT2D eigenvalue weighted by Gasteiger charge is 2.38. The van der Waals surface area contributed by atoms with Crippen LogP contribution < -0.4 is 4.72 Å². The Morgan fingerprint density at radius 1 is 1.25 bits per heavy atom. The van der Waals surface area contributed by atoms with Crippen molar-refractivity contribution in [3.05, 3.63) is 58.0 Å². The van der Waals surface area contributed by atoms with Crippen LogP contribution in [0.4, 0.5) is 0 Å². The van der Waals surface area contributed by atoms with Crippen LogP contribution in [0.25, 0.3) is 5.69 Å². The molecule has 0 unspecified atom stereocenters. The van der Waals surface area contributed by atoms with E-state index in [2.05, 4.69) is 20.0 Å². The van der Waals surface area contributed by atoms with Crippen LogP contribution in [0.3, 0.4) is 0 Å². The largest absolute Gasteiger partial charge is 0.465 e. The Balaban J connectivity index is 1.24. The summed E-state index contributed by atoms with van der Waals surface area (Å²) in [5.74, 6) is -0.623. The number of ether oxygens (including phenoxy) is 1. The molecule has 0 saturated carbocycles. The number of benzene rings is 1. The molecule has 0 aliphatic carbocycles. The second-order valence-corrected chi connectivity index (χ2v) is 10.9. The number of likely N-dealkylation sites (tertiary alicyclic amines) is 1. The standard InChI is InChI=1S/C22H22N6O6S2/c1-34-21(30)19-15(6-11-35-19)28-13-17(24-26-28)22(31)7-9-27(10-8-22)18(29)12-23-20-14-4-2-3-5-16(14)36(32,33)25-20/h2-6,11,13,31H,7-10,12H2,1H3,(H,23,25). The zero-order valence-corrected chi connectivity index (χ0v) is 20.8. The summed E-state index contributed by atoms with van der Waals surface area (Å²) in [5.41, 5.74) is -0.0104. The molecule has 1 aromatic carbocycles. The fourth-order valence-corrected chi connectivity index (χ4v) is 6.25. The van der Waals surface area contributed by atoms with E-state index < -0.39 is 21.6 Å². The van der Waals surface area contributed by atoms with Gasteiger partial charge in [-0.2, -0.15) is 0 Å². The molecule has 2 aliphatic heterocycles. The van der Waals surface area contributed by atoms with Gasteiger partial charge in [0.2, 0.25) is 5.91 Å². The molecule has 0 radical (unpaired) electrons. The highest BCUT2D eigenvalue weighted by Crippen LogP contribution is 2.32. The summed E-state index contributed by atoms with van der Waals surface area (Å²) >= 11 is 1.22. The second kappa shape index (κ2) is 9.11. The Bertz CT molecular complexity index is 1470. The number of fused-ring (bicyclic) bond motifs is 1. The number of hydrogen-bond acceptors (Lipinski definition) is 10. The Morgan fingerprint density at radius 2 is 2.00 bits per heavy atom. The molecule has 14 heteroatoms. The first-order valence-corrected chi connectivity index (χ1v) is 13.3. The van der Waals surface area contributed by atoms with Gasteiger partial charge >= 0.3 is 5.97 Å². The van der Waals surface area contributed by atoms with Crippen molar-refractivity contribution in [3.63, 3.8) is 0 Å². The predicted octanol–water partition coefficient (Wildman–Crippen LogP) is 0.664. The summed E-state index contributed by atoms with van der Waals surface area (Å²) in [6.45, 7) is 0.303. The van der Waals surface area contributed by atoms with E-state index in [1.165, 1.54) is 29.2 Å².